The van der Waals surface area contributed by atoms with E-state index in [0.717, 1.165) is 54.4 Å². The van der Waals surface area contributed by atoms with Crippen molar-refractivity contribution in [1.82, 2.24) is 19.4 Å². The molecule has 4 aromatic rings. The van der Waals surface area contributed by atoms with E-state index < -0.39 is 32.6 Å². The molecule has 11 nitrogen and oxygen atoms in total. The number of rotatable bonds is 10. The summed E-state index contributed by atoms with van der Waals surface area (Å²) in [7, 11) is -3.79. The fourth-order valence-corrected chi connectivity index (χ4v) is 7.21. The first kappa shape index (κ1) is 28.2. The monoisotopic (exact) mass is 603 g/mol. The van der Waals surface area contributed by atoms with Gasteiger partial charge in [0.05, 0.1) is 28.5 Å². The first-order chi connectivity index (χ1) is 19.2. The Bertz CT molecular complexity index is 1760. The summed E-state index contributed by atoms with van der Waals surface area (Å²) in [6, 6.07) is 11.0. The van der Waals surface area contributed by atoms with Crippen LogP contribution in [-0.2, 0) is 25.8 Å². The van der Waals surface area contributed by atoms with Crippen LogP contribution in [0.15, 0.2) is 62.5 Å². The molecular formula is C26H26ClN5O6S2. The minimum Gasteiger partial charge on any atom is -0.384 e. The highest BCUT2D eigenvalue weighted by molar-refractivity contribution is 7.94. The second-order valence-electron chi connectivity index (χ2n) is 9.27. The number of benzene rings is 1. The number of nitrogens with zero attached hydrogens (tertiary/aromatic N) is 3. The molecule has 0 amide bonds. The molecule has 0 saturated carbocycles. The van der Waals surface area contributed by atoms with E-state index >= 15 is 0 Å². The fourth-order valence-electron chi connectivity index (χ4n) is 4.40. The van der Waals surface area contributed by atoms with Gasteiger partial charge in [-0.25, -0.2) is 22.8 Å². The minimum atomic E-state index is -3.79. The zero-order chi connectivity index (χ0) is 28.3. The molecule has 1 aliphatic rings. The smallest absolute Gasteiger partial charge is 0.334 e. The van der Waals surface area contributed by atoms with Crippen molar-refractivity contribution >= 4 is 55.1 Å². The Kier molecular flexibility index (Phi) is 8.47. The third-order valence-corrected chi connectivity index (χ3v) is 9.89. The molecule has 5 rings (SSSR count). The number of H-pyrrole nitrogens is 1. The Morgan fingerprint density at radius 3 is 2.62 bits per heavy atom. The van der Waals surface area contributed by atoms with E-state index in [1.807, 2.05) is 0 Å². The van der Waals surface area contributed by atoms with Crippen molar-refractivity contribution in [3.63, 3.8) is 0 Å². The molecule has 0 unspecified atom stereocenters. The first-order valence-corrected chi connectivity index (χ1v) is 15.3. The Labute approximate surface area is 238 Å². The van der Waals surface area contributed by atoms with Gasteiger partial charge in [-0.2, -0.15) is 0 Å². The lowest BCUT2D eigenvalue weighted by Gasteiger charge is -2.26. The van der Waals surface area contributed by atoms with Crippen molar-refractivity contribution in [2.45, 2.75) is 10.6 Å². The summed E-state index contributed by atoms with van der Waals surface area (Å²) in [5.74, 6) is -1.11. The maximum atomic E-state index is 13.2. The summed E-state index contributed by atoms with van der Waals surface area (Å²) >= 11 is 6.70. The van der Waals surface area contributed by atoms with Crippen molar-refractivity contribution < 1.29 is 17.9 Å². The average molecular weight is 604 g/mol. The largest absolute Gasteiger partial charge is 0.384 e. The molecule has 1 aromatic carbocycles. The van der Waals surface area contributed by atoms with Crippen LogP contribution in [0.1, 0.15) is 5.56 Å². The lowest BCUT2D eigenvalue weighted by atomic mass is 10.1. The highest BCUT2D eigenvalue weighted by atomic mass is 35.5. The number of thiophene rings is 1. The third-order valence-electron chi connectivity index (χ3n) is 6.40. The van der Waals surface area contributed by atoms with E-state index in [1.165, 1.54) is 30.5 Å². The number of sulfone groups is 1. The van der Waals surface area contributed by atoms with Crippen LogP contribution in [0.3, 0.4) is 0 Å². The van der Waals surface area contributed by atoms with Gasteiger partial charge in [0.25, 0.3) is 5.56 Å². The Balaban J connectivity index is 1.27. The Morgan fingerprint density at radius 1 is 1.12 bits per heavy atom. The Hall–Kier alpha value is -3.36. The summed E-state index contributed by atoms with van der Waals surface area (Å²) < 4.78 is 31.5. The zero-order valence-electron chi connectivity index (χ0n) is 21.3. The number of carbonyl (C=O) groups is 1. The van der Waals surface area contributed by atoms with Crippen LogP contribution in [-0.4, -0.2) is 78.8 Å². The van der Waals surface area contributed by atoms with Crippen molar-refractivity contribution in [2.75, 3.05) is 50.5 Å². The number of halogens is 1. The number of hydrogen-bond acceptors (Lipinski definition) is 10. The third kappa shape index (κ3) is 6.50. The number of Topliss-reactive ketones (excluding diaryl/α,β-unsaturated/α-hetero) is 1. The number of nitrogens with one attached hydrogen (secondary N) is 2. The molecule has 0 atom stereocenters. The lowest BCUT2D eigenvalue weighted by molar-refractivity contribution is -0.116. The Morgan fingerprint density at radius 2 is 1.93 bits per heavy atom. The number of morpholine rings is 1. The molecule has 210 valence electrons. The molecule has 0 radical (unpaired) electrons. The number of aromatic amines is 1. The van der Waals surface area contributed by atoms with Crippen LogP contribution in [0, 0.1) is 0 Å². The van der Waals surface area contributed by atoms with E-state index in [9.17, 15) is 22.8 Å². The van der Waals surface area contributed by atoms with Gasteiger partial charge in [-0.3, -0.25) is 14.5 Å². The number of aromatic nitrogens is 3. The van der Waals surface area contributed by atoms with Gasteiger partial charge in [0.15, 0.2) is 15.6 Å². The minimum absolute atomic E-state index is 0.0325. The van der Waals surface area contributed by atoms with Gasteiger partial charge in [-0.05, 0) is 42.0 Å². The maximum Gasteiger partial charge on any atom is 0.334 e. The molecule has 2 N–H and O–H groups in total. The molecule has 14 heteroatoms. The van der Waals surface area contributed by atoms with Crippen molar-refractivity contribution in [3.05, 3.63) is 79.4 Å². The molecule has 3 aromatic heterocycles. The van der Waals surface area contributed by atoms with Crippen LogP contribution in [0.4, 0.5) is 5.69 Å². The molecule has 1 aliphatic heterocycles. The standard InChI is InChI=1S/C26H26ClN5O6S2/c27-22-4-6-24(39-22)40(36,37)16-19(33)13-17-1-5-23(29-15-17)32-25(34)20-3-2-18(14-21(20)30-26(32)35)28-7-8-31-9-11-38-12-10-31/h1-6,14-15,28H,7-13,16H2,(H,30,35). The summed E-state index contributed by atoms with van der Waals surface area (Å²) in [6.07, 6.45) is 1.18. The van der Waals surface area contributed by atoms with E-state index in [4.69, 9.17) is 16.3 Å². The number of pyridine rings is 1. The predicted molar refractivity (Wildman–Crippen MR) is 154 cm³/mol. The van der Waals surface area contributed by atoms with Gasteiger partial charge in [-0.15, -0.1) is 11.3 Å². The van der Waals surface area contributed by atoms with Crippen LogP contribution in [0.25, 0.3) is 16.7 Å². The molecule has 1 saturated heterocycles. The molecule has 40 heavy (non-hydrogen) atoms. The number of fused-ring (bicyclic) bond motifs is 1. The lowest BCUT2D eigenvalue weighted by Crippen LogP contribution is -2.39. The summed E-state index contributed by atoms with van der Waals surface area (Å²) in [4.78, 5) is 47.7. The summed E-state index contributed by atoms with van der Waals surface area (Å²) in [5, 5.41) is 3.64. The zero-order valence-corrected chi connectivity index (χ0v) is 23.7. The molecule has 1 fully saturated rings. The number of hydrogen-bond donors (Lipinski definition) is 2. The quantitative estimate of drug-likeness (QED) is 0.278. The van der Waals surface area contributed by atoms with E-state index in [0.29, 0.717) is 27.3 Å². The summed E-state index contributed by atoms with van der Waals surface area (Å²) in [5.41, 5.74) is 0.449. The van der Waals surface area contributed by atoms with Gasteiger partial charge in [0.2, 0.25) is 0 Å². The van der Waals surface area contributed by atoms with Crippen LogP contribution >= 0.6 is 22.9 Å². The van der Waals surface area contributed by atoms with Crippen molar-refractivity contribution in [2.24, 2.45) is 0 Å². The second-order valence-corrected chi connectivity index (χ2v) is 13.2. The molecule has 4 heterocycles. The number of ketones is 1. The van der Waals surface area contributed by atoms with Crippen LogP contribution in [0.5, 0.6) is 0 Å². The number of anilines is 1. The van der Waals surface area contributed by atoms with Gasteiger partial charge < -0.3 is 15.0 Å². The number of ether oxygens (including phenoxy) is 1. The SMILES string of the molecule is O=C(Cc1ccc(-n2c(=O)[nH]c3cc(NCCN4CCOCC4)ccc3c2=O)nc1)CS(=O)(=O)c1ccc(Cl)s1. The fraction of sp³-hybridized carbons (Fsp3) is 0.308. The van der Waals surface area contributed by atoms with Gasteiger partial charge >= 0.3 is 5.69 Å². The molecular weight excluding hydrogens is 578 g/mol. The average Bonchev–Trinajstić information content (AvgIpc) is 3.37. The normalized spacial score (nSPS) is 14.4. The van der Waals surface area contributed by atoms with Gasteiger partial charge in [-0.1, -0.05) is 17.7 Å². The van der Waals surface area contributed by atoms with Crippen molar-refractivity contribution in [3.8, 4) is 5.82 Å². The van der Waals surface area contributed by atoms with Crippen LogP contribution in [0.2, 0.25) is 4.34 Å². The number of carbonyl (C=O) groups excluding carboxylic acids is 1. The molecule has 0 bridgehead atoms. The van der Waals surface area contributed by atoms with Gasteiger partial charge in [0, 0.05) is 44.5 Å². The highest BCUT2D eigenvalue weighted by Gasteiger charge is 2.22. The van der Waals surface area contributed by atoms with Gasteiger partial charge in [0.1, 0.15) is 15.8 Å². The molecule has 0 spiro atoms. The topological polar surface area (TPSA) is 143 Å². The first-order valence-electron chi connectivity index (χ1n) is 12.5. The predicted octanol–water partition coefficient (Wildman–Crippen LogP) is 2.12. The maximum absolute atomic E-state index is 13.2. The van der Waals surface area contributed by atoms with Crippen LogP contribution < -0.4 is 16.6 Å². The van der Waals surface area contributed by atoms with E-state index in [-0.39, 0.29) is 16.4 Å². The highest BCUT2D eigenvalue weighted by Crippen LogP contribution is 2.26. The summed E-state index contributed by atoms with van der Waals surface area (Å²) in [6.45, 7) is 4.81. The van der Waals surface area contributed by atoms with E-state index in [2.05, 4.69) is 20.2 Å². The second kappa shape index (κ2) is 12.0. The van der Waals surface area contributed by atoms with E-state index in [1.54, 1.807) is 18.2 Å². The van der Waals surface area contributed by atoms with Crippen molar-refractivity contribution in [1.29, 1.82) is 0 Å². The molecule has 0 aliphatic carbocycles.